The van der Waals surface area contributed by atoms with Gasteiger partial charge in [-0.25, -0.2) is 4.39 Å². The lowest BCUT2D eigenvalue weighted by Crippen LogP contribution is -2.04. The van der Waals surface area contributed by atoms with E-state index in [1.807, 2.05) is 25.1 Å². The van der Waals surface area contributed by atoms with Gasteiger partial charge in [0, 0.05) is 18.1 Å². The summed E-state index contributed by atoms with van der Waals surface area (Å²) in [5.74, 6) is -0.366. The quantitative estimate of drug-likeness (QED) is 0.519. The van der Waals surface area contributed by atoms with E-state index in [1.54, 1.807) is 23.7 Å². The van der Waals surface area contributed by atoms with Crippen LogP contribution in [-0.4, -0.2) is 14.8 Å². The number of benzene rings is 2. The third-order valence-corrected chi connectivity index (χ3v) is 3.80. The second kappa shape index (κ2) is 6.37. The first-order valence-corrected chi connectivity index (χ1v) is 7.63. The normalized spacial score (nSPS) is 11.3. The Bertz CT molecular complexity index is 965. The fourth-order valence-corrected chi connectivity index (χ4v) is 2.59. The van der Waals surface area contributed by atoms with Gasteiger partial charge in [-0.05, 0) is 49.5 Å². The predicted molar refractivity (Wildman–Crippen MR) is 96.5 cm³/mol. The van der Waals surface area contributed by atoms with E-state index in [1.165, 1.54) is 12.1 Å². The molecule has 2 aromatic carbocycles. The van der Waals surface area contributed by atoms with Crippen LogP contribution in [0.4, 0.5) is 15.8 Å². The zero-order chi connectivity index (χ0) is 17.3. The van der Waals surface area contributed by atoms with Gasteiger partial charge in [-0.1, -0.05) is 17.7 Å². The first-order chi connectivity index (χ1) is 11.5. The van der Waals surface area contributed by atoms with Crippen LogP contribution in [0, 0.1) is 12.7 Å². The predicted octanol–water partition coefficient (Wildman–Crippen LogP) is 4.81. The highest BCUT2D eigenvalue weighted by molar-refractivity contribution is 7.80. The zero-order valence-electron chi connectivity index (χ0n) is 13.1. The Hall–Kier alpha value is -2.80. The maximum atomic E-state index is 13.2. The van der Waals surface area contributed by atoms with E-state index in [-0.39, 0.29) is 16.8 Å². The van der Waals surface area contributed by atoms with Crippen LogP contribution in [0.1, 0.15) is 5.56 Å². The molecule has 0 atom stereocenters. The van der Waals surface area contributed by atoms with Gasteiger partial charge < -0.3 is 15.0 Å². The Balaban J connectivity index is 1.89. The highest BCUT2D eigenvalue weighted by Crippen LogP contribution is 2.38. The van der Waals surface area contributed by atoms with Crippen LogP contribution >= 0.6 is 12.2 Å². The van der Waals surface area contributed by atoms with E-state index < -0.39 is 0 Å². The molecule has 0 bridgehead atoms. The number of anilines is 1. The van der Waals surface area contributed by atoms with Crippen molar-refractivity contribution in [1.82, 2.24) is 4.57 Å². The molecule has 1 aromatic heterocycles. The molecule has 0 amide bonds. The van der Waals surface area contributed by atoms with Gasteiger partial charge in [0.1, 0.15) is 5.82 Å². The maximum Gasteiger partial charge on any atom is 0.220 e. The molecule has 24 heavy (non-hydrogen) atoms. The number of hydrogen-bond acceptors (Lipinski definition) is 3. The van der Waals surface area contributed by atoms with Crippen molar-refractivity contribution in [3.63, 3.8) is 0 Å². The van der Waals surface area contributed by atoms with E-state index in [2.05, 4.69) is 15.5 Å². The van der Waals surface area contributed by atoms with Crippen molar-refractivity contribution in [2.24, 2.45) is 17.3 Å². The van der Waals surface area contributed by atoms with Crippen molar-refractivity contribution in [2.45, 2.75) is 6.92 Å². The molecule has 1 heterocycles. The van der Waals surface area contributed by atoms with Crippen molar-refractivity contribution in [3.05, 3.63) is 53.8 Å². The molecule has 3 rings (SSSR count). The second-order valence-corrected chi connectivity index (χ2v) is 5.78. The largest absolute Gasteiger partial charge is 0.493 e. The number of nitrogens with zero attached hydrogens (tertiary/aromatic N) is 3. The van der Waals surface area contributed by atoms with E-state index in [0.29, 0.717) is 11.4 Å². The Labute approximate surface area is 143 Å². The Kier molecular flexibility index (Phi) is 4.26. The van der Waals surface area contributed by atoms with Crippen molar-refractivity contribution >= 4 is 39.6 Å². The van der Waals surface area contributed by atoms with Gasteiger partial charge in [-0.15, -0.1) is 10.2 Å². The standard InChI is InChI=1S/C17H15FN4OS/c1-10-6-7-14-13(8-10)15(16(23)22(14)2)20-21-17(24)19-12-5-3-4-11(18)9-12/h3-9,23H,1-2H3,(H,19,24). The third kappa shape index (κ3) is 3.11. The molecule has 0 saturated carbocycles. The molecule has 0 saturated heterocycles. The molecule has 0 spiro atoms. The highest BCUT2D eigenvalue weighted by atomic mass is 32.1. The second-order valence-electron chi connectivity index (χ2n) is 5.39. The lowest BCUT2D eigenvalue weighted by molar-refractivity contribution is 0.436. The molecule has 0 aliphatic heterocycles. The van der Waals surface area contributed by atoms with Gasteiger partial charge in [0.05, 0.1) is 5.52 Å². The number of rotatable bonds is 2. The molecule has 0 aliphatic carbocycles. The molecule has 0 radical (unpaired) electrons. The van der Waals surface area contributed by atoms with E-state index in [9.17, 15) is 9.50 Å². The number of halogens is 1. The molecule has 0 aliphatic rings. The highest BCUT2D eigenvalue weighted by Gasteiger charge is 2.14. The molecular formula is C17H15FN4OS. The van der Waals surface area contributed by atoms with Gasteiger partial charge in [0.2, 0.25) is 11.0 Å². The van der Waals surface area contributed by atoms with Crippen LogP contribution in [0.15, 0.2) is 52.7 Å². The summed E-state index contributed by atoms with van der Waals surface area (Å²) in [5, 5.41) is 21.9. The van der Waals surface area contributed by atoms with Crippen LogP contribution in [0.2, 0.25) is 0 Å². The Morgan fingerprint density at radius 1 is 1.25 bits per heavy atom. The number of aromatic hydroxyl groups is 1. The number of azo groups is 1. The van der Waals surface area contributed by atoms with Gasteiger partial charge in [0.15, 0.2) is 5.69 Å². The molecule has 5 nitrogen and oxygen atoms in total. The van der Waals surface area contributed by atoms with Gasteiger partial charge in [0.25, 0.3) is 0 Å². The molecule has 122 valence electrons. The molecule has 0 unspecified atom stereocenters. The number of aromatic nitrogens is 1. The van der Waals surface area contributed by atoms with E-state index >= 15 is 0 Å². The van der Waals surface area contributed by atoms with Crippen molar-refractivity contribution < 1.29 is 9.50 Å². The number of fused-ring (bicyclic) bond motifs is 1. The SMILES string of the molecule is Cc1ccc2c(c1)c(N=NC(=S)Nc1cccc(F)c1)c(O)n2C. The summed E-state index contributed by atoms with van der Waals surface area (Å²) in [6.45, 7) is 1.96. The average molecular weight is 342 g/mol. The molecule has 7 heteroatoms. The number of hydrogen-bond donors (Lipinski definition) is 2. The Morgan fingerprint density at radius 3 is 2.79 bits per heavy atom. The van der Waals surface area contributed by atoms with Gasteiger partial charge >= 0.3 is 0 Å². The molecule has 3 aromatic rings. The third-order valence-electron chi connectivity index (χ3n) is 3.61. The van der Waals surface area contributed by atoms with Crippen LogP contribution in [0.5, 0.6) is 5.88 Å². The summed E-state index contributed by atoms with van der Waals surface area (Å²) in [4.78, 5) is 0. The van der Waals surface area contributed by atoms with E-state index in [4.69, 9.17) is 12.2 Å². The summed E-state index contributed by atoms with van der Waals surface area (Å²) >= 11 is 5.09. The summed E-state index contributed by atoms with van der Waals surface area (Å²) in [6.07, 6.45) is 0. The number of aryl methyl sites for hydroxylation is 2. The molecule has 2 N–H and O–H groups in total. The fourth-order valence-electron chi connectivity index (χ4n) is 2.43. The van der Waals surface area contributed by atoms with Crippen LogP contribution < -0.4 is 5.32 Å². The summed E-state index contributed by atoms with van der Waals surface area (Å²) in [5.41, 5.74) is 2.72. The molecule has 0 fully saturated rings. The number of thiocarbonyl (C=S) groups is 1. The monoisotopic (exact) mass is 342 g/mol. The van der Waals surface area contributed by atoms with Crippen molar-refractivity contribution in [2.75, 3.05) is 5.32 Å². The van der Waals surface area contributed by atoms with Crippen LogP contribution in [-0.2, 0) is 7.05 Å². The average Bonchev–Trinajstić information content (AvgIpc) is 2.76. The van der Waals surface area contributed by atoms with Gasteiger partial charge in [-0.2, -0.15) is 0 Å². The minimum absolute atomic E-state index is 0.00732. The summed E-state index contributed by atoms with van der Waals surface area (Å²) in [6, 6.07) is 11.7. The lowest BCUT2D eigenvalue weighted by atomic mass is 10.1. The van der Waals surface area contributed by atoms with Gasteiger partial charge in [-0.3, -0.25) is 0 Å². The zero-order valence-corrected chi connectivity index (χ0v) is 13.9. The minimum Gasteiger partial charge on any atom is -0.493 e. The summed E-state index contributed by atoms with van der Waals surface area (Å²) in [7, 11) is 1.75. The van der Waals surface area contributed by atoms with Crippen molar-refractivity contribution in [3.8, 4) is 5.88 Å². The molecular weight excluding hydrogens is 327 g/mol. The smallest absolute Gasteiger partial charge is 0.220 e. The first kappa shape index (κ1) is 16.1. The first-order valence-electron chi connectivity index (χ1n) is 7.22. The lowest BCUT2D eigenvalue weighted by Gasteiger charge is -2.02. The van der Waals surface area contributed by atoms with Crippen LogP contribution in [0.25, 0.3) is 10.9 Å². The Morgan fingerprint density at radius 2 is 2.04 bits per heavy atom. The topological polar surface area (TPSA) is 61.9 Å². The van der Waals surface area contributed by atoms with Crippen molar-refractivity contribution in [1.29, 1.82) is 0 Å². The van der Waals surface area contributed by atoms with Crippen LogP contribution in [0.3, 0.4) is 0 Å². The maximum absolute atomic E-state index is 13.2. The minimum atomic E-state index is -0.373. The van der Waals surface area contributed by atoms with E-state index in [0.717, 1.165) is 16.5 Å². The number of nitrogens with one attached hydrogen (secondary N) is 1. The fraction of sp³-hybridized carbons (Fsp3) is 0.118. The summed E-state index contributed by atoms with van der Waals surface area (Å²) < 4.78 is 14.8.